The molecule has 1 aliphatic heterocycles. The van der Waals surface area contributed by atoms with E-state index in [4.69, 9.17) is 0 Å². The van der Waals surface area contributed by atoms with Crippen LogP contribution in [-0.2, 0) is 0 Å². The minimum atomic E-state index is -0.0303. The van der Waals surface area contributed by atoms with E-state index < -0.39 is 0 Å². The van der Waals surface area contributed by atoms with Gasteiger partial charge in [-0.15, -0.1) is 0 Å². The summed E-state index contributed by atoms with van der Waals surface area (Å²) in [5.74, 6) is -0.0303. The van der Waals surface area contributed by atoms with Crippen molar-refractivity contribution in [2.45, 2.75) is 25.8 Å². The van der Waals surface area contributed by atoms with Crippen LogP contribution in [0.15, 0.2) is 28.7 Å². The molecule has 2 aromatic rings. The van der Waals surface area contributed by atoms with E-state index in [1.807, 2.05) is 31.2 Å². The smallest absolute Gasteiger partial charge is 0.252 e. The summed E-state index contributed by atoms with van der Waals surface area (Å²) >= 11 is 3.46. The molecule has 0 spiro atoms. The minimum Gasteiger partial charge on any atom is -0.350 e. The summed E-state index contributed by atoms with van der Waals surface area (Å²) in [6.45, 7) is 3.64. The Labute approximate surface area is 132 Å². The monoisotopic (exact) mass is 347 g/mol. The van der Waals surface area contributed by atoms with Gasteiger partial charge in [0.2, 0.25) is 0 Å². The number of rotatable bonds is 3. The van der Waals surface area contributed by atoms with Crippen LogP contribution in [-0.4, -0.2) is 30.0 Å². The summed E-state index contributed by atoms with van der Waals surface area (Å²) in [5, 5.41) is 7.30. The highest BCUT2D eigenvalue weighted by Crippen LogP contribution is 2.22. The molecule has 1 aromatic heterocycles. The molecule has 21 heavy (non-hydrogen) atoms. The normalized spacial score (nSPS) is 18.1. The molecule has 2 N–H and O–H groups in total. The molecule has 4 nitrogen and oxygen atoms in total. The molecule has 1 unspecified atom stereocenters. The van der Waals surface area contributed by atoms with Gasteiger partial charge in [0.1, 0.15) is 0 Å². The fraction of sp³-hybridized carbons (Fsp3) is 0.375. The highest BCUT2D eigenvalue weighted by molar-refractivity contribution is 9.10. The third-order valence-corrected chi connectivity index (χ3v) is 4.31. The molecule has 110 valence electrons. The van der Waals surface area contributed by atoms with Gasteiger partial charge in [0, 0.05) is 28.1 Å². The summed E-state index contributed by atoms with van der Waals surface area (Å²) in [4.78, 5) is 17.0. The van der Waals surface area contributed by atoms with Crippen molar-refractivity contribution in [3.05, 3.63) is 40.0 Å². The largest absolute Gasteiger partial charge is 0.350 e. The number of amides is 1. The van der Waals surface area contributed by atoms with Crippen molar-refractivity contribution in [2.24, 2.45) is 0 Å². The van der Waals surface area contributed by atoms with Gasteiger partial charge in [-0.3, -0.25) is 9.78 Å². The minimum absolute atomic E-state index is 0.0303. The number of aryl methyl sites for hydroxylation is 1. The second-order valence-electron chi connectivity index (χ2n) is 5.48. The van der Waals surface area contributed by atoms with E-state index in [0.29, 0.717) is 18.2 Å². The van der Waals surface area contributed by atoms with Crippen molar-refractivity contribution in [1.82, 2.24) is 15.6 Å². The second-order valence-corrected chi connectivity index (χ2v) is 6.39. The number of carbonyl (C=O) groups is 1. The fourth-order valence-electron chi connectivity index (χ4n) is 2.76. The highest BCUT2D eigenvalue weighted by Gasteiger charge is 2.17. The van der Waals surface area contributed by atoms with E-state index in [2.05, 4.69) is 31.5 Å². The highest BCUT2D eigenvalue weighted by atomic mass is 79.9. The van der Waals surface area contributed by atoms with Gasteiger partial charge in [0.25, 0.3) is 5.91 Å². The lowest BCUT2D eigenvalue weighted by molar-refractivity contribution is 0.0952. The van der Waals surface area contributed by atoms with Crippen LogP contribution in [0.3, 0.4) is 0 Å². The van der Waals surface area contributed by atoms with Gasteiger partial charge in [-0.25, -0.2) is 0 Å². The molecular weight excluding hydrogens is 330 g/mol. The first-order valence-electron chi connectivity index (χ1n) is 7.22. The van der Waals surface area contributed by atoms with E-state index in [0.717, 1.165) is 34.0 Å². The van der Waals surface area contributed by atoms with Crippen molar-refractivity contribution >= 4 is 32.7 Å². The lowest BCUT2D eigenvalue weighted by atomic mass is 10.1. The average Bonchev–Trinajstić information content (AvgIpc) is 2.97. The first-order valence-corrected chi connectivity index (χ1v) is 8.01. The predicted octanol–water partition coefficient (Wildman–Crippen LogP) is 2.79. The van der Waals surface area contributed by atoms with E-state index in [1.165, 1.54) is 6.42 Å². The molecular formula is C16H18BrN3O. The Hall–Kier alpha value is -1.46. The first-order chi connectivity index (χ1) is 10.1. The summed E-state index contributed by atoms with van der Waals surface area (Å²) in [7, 11) is 0. The number of nitrogens with zero attached hydrogens (tertiary/aromatic N) is 1. The van der Waals surface area contributed by atoms with Crippen molar-refractivity contribution in [3.63, 3.8) is 0 Å². The summed E-state index contributed by atoms with van der Waals surface area (Å²) in [6, 6.07) is 8.08. The quantitative estimate of drug-likeness (QED) is 0.897. The van der Waals surface area contributed by atoms with Crippen molar-refractivity contribution < 1.29 is 4.79 Å². The lowest BCUT2D eigenvalue weighted by Gasteiger charge is -2.13. The molecule has 1 aliphatic rings. The Morgan fingerprint density at radius 3 is 3.10 bits per heavy atom. The van der Waals surface area contributed by atoms with Crippen LogP contribution in [0.2, 0.25) is 0 Å². The Morgan fingerprint density at radius 1 is 1.48 bits per heavy atom. The van der Waals surface area contributed by atoms with Gasteiger partial charge in [-0.05, 0) is 50.6 Å². The van der Waals surface area contributed by atoms with Crippen molar-refractivity contribution in [2.75, 3.05) is 13.1 Å². The molecule has 0 radical (unpaired) electrons. The molecule has 1 fully saturated rings. The first kappa shape index (κ1) is 14.5. The number of halogens is 1. The number of aromatic nitrogens is 1. The number of nitrogens with one attached hydrogen (secondary N) is 2. The molecule has 3 rings (SSSR count). The number of fused-ring (bicyclic) bond motifs is 1. The van der Waals surface area contributed by atoms with E-state index >= 15 is 0 Å². The molecule has 1 aromatic carbocycles. The van der Waals surface area contributed by atoms with Gasteiger partial charge in [0.05, 0.1) is 11.1 Å². The predicted molar refractivity (Wildman–Crippen MR) is 87.5 cm³/mol. The molecule has 0 aliphatic carbocycles. The molecule has 1 saturated heterocycles. The van der Waals surface area contributed by atoms with Gasteiger partial charge >= 0.3 is 0 Å². The Morgan fingerprint density at radius 2 is 2.33 bits per heavy atom. The van der Waals surface area contributed by atoms with Crippen LogP contribution in [0.5, 0.6) is 0 Å². The Bertz CT molecular complexity index is 681. The summed E-state index contributed by atoms with van der Waals surface area (Å²) < 4.78 is 0.951. The van der Waals surface area contributed by atoms with Gasteiger partial charge in [-0.2, -0.15) is 0 Å². The van der Waals surface area contributed by atoms with Crippen LogP contribution in [0.1, 0.15) is 28.9 Å². The van der Waals surface area contributed by atoms with Crippen molar-refractivity contribution in [1.29, 1.82) is 0 Å². The number of pyridine rings is 1. The van der Waals surface area contributed by atoms with Gasteiger partial charge in [0.15, 0.2) is 0 Å². The van der Waals surface area contributed by atoms with Gasteiger partial charge < -0.3 is 10.6 Å². The third kappa shape index (κ3) is 3.24. The van der Waals surface area contributed by atoms with E-state index in [-0.39, 0.29) is 5.91 Å². The number of hydrogen-bond donors (Lipinski definition) is 2. The second kappa shape index (κ2) is 6.12. The van der Waals surface area contributed by atoms with Crippen LogP contribution in [0.4, 0.5) is 0 Å². The van der Waals surface area contributed by atoms with Crippen LogP contribution in [0.25, 0.3) is 10.9 Å². The van der Waals surface area contributed by atoms with Crippen molar-refractivity contribution in [3.8, 4) is 0 Å². The summed E-state index contributed by atoms with van der Waals surface area (Å²) in [6.07, 6.45) is 2.31. The molecule has 0 bridgehead atoms. The zero-order valence-corrected chi connectivity index (χ0v) is 13.5. The topological polar surface area (TPSA) is 54.0 Å². The Kier molecular flexibility index (Phi) is 4.22. The molecule has 5 heteroatoms. The zero-order valence-electron chi connectivity index (χ0n) is 11.9. The third-order valence-electron chi connectivity index (χ3n) is 3.81. The maximum absolute atomic E-state index is 12.5. The zero-order chi connectivity index (χ0) is 14.8. The maximum Gasteiger partial charge on any atom is 0.252 e. The number of hydrogen-bond acceptors (Lipinski definition) is 3. The van der Waals surface area contributed by atoms with E-state index in [9.17, 15) is 4.79 Å². The van der Waals surface area contributed by atoms with Crippen LogP contribution < -0.4 is 10.6 Å². The SMILES string of the molecule is Cc1cc(C(=O)NCC2CCCN2)c2cc(Br)ccc2n1. The molecule has 0 saturated carbocycles. The molecule has 2 heterocycles. The number of benzene rings is 1. The average molecular weight is 348 g/mol. The molecule has 1 amide bonds. The van der Waals surface area contributed by atoms with Gasteiger partial charge in [-0.1, -0.05) is 15.9 Å². The maximum atomic E-state index is 12.5. The molecule has 1 atom stereocenters. The Balaban J connectivity index is 1.87. The number of carbonyl (C=O) groups excluding carboxylic acids is 1. The summed E-state index contributed by atoms with van der Waals surface area (Å²) in [5.41, 5.74) is 2.40. The fourth-order valence-corrected chi connectivity index (χ4v) is 3.12. The standard InChI is InChI=1S/C16H18BrN3O/c1-10-7-14(13-8-11(17)4-5-15(13)20-10)16(21)19-9-12-3-2-6-18-12/h4-5,7-8,12,18H,2-3,6,9H2,1H3,(H,19,21). The van der Waals surface area contributed by atoms with Crippen LogP contribution >= 0.6 is 15.9 Å². The van der Waals surface area contributed by atoms with E-state index in [1.54, 1.807) is 0 Å². The van der Waals surface area contributed by atoms with Crippen LogP contribution in [0, 0.1) is 6.92 Å². The lowest BCUT2D eigenvalue weighted by Crippen LogP contribution is -2.37.